The molecule has 3 nitrogen and oxygen atoms in total. The third kappa shape index (κ3) is 9.69. The third-order valence-electron chi connectivity index (χ3n) is 2.59. The second kappa shape index (κ2) is 10.7. The van der Waals surface area contributed by atoms with Gasteiger partial charge in [-0.3, -0.25) is 9.59 Å². The van der Waals surface area contributed by atoms with Crippen molar-refractivity contribution in [1.29, 1.82) is 0 Å². The van der Waals surface area contributed by atoms with Crippen LogP contribution in [0.4, 0.5) is 0 Å². The average Bonchev–Trinajstić information content (AvgIpc) is 2.27. The van der Waals surface area contributed by atoms with Crippen molar-refractivity contribution in [3.8, 4) is 0 Å². The monoisotopic (exact) mass is 228 g/mol. The molecule has 0 radical (unpaired) electrons. The Morgan fingerprint density at radius 2 is 1.44 bits per heavy atom. The van der Waals surface area contributed by atoms with E-state index in [0.29, 0.717) is 12.2 Å². The van der Waals surface area contributed by atoms with Crippen LogP contribution < -0.4 is 0 Å². The summed E-state index contributed by atoms with van der Waals surface area (Å²) in [6.45, 7) is 2.03. The summed E-state index contributed by atoms with van der Waals surface area (Å²) in [7, 11) is 1.42. The molecule has 0 N–H and O–H groups in total. The van der Waals surface area contributed by atoms with E-state index in [1.165, 1.54) is 7.11 Å². The van der Waals surface area contributed by atoms with Gasteiger partial charge >= 0.3 is 5.97 Å². The molecule has 0 aliphatic rings. The Kier molecular flexibility index (Phi) is 10.1. The lowest BCUT2D eigenvalue weighted by Crippen LogP contribution is -1.99. The molecule has 0 aliphatic carbocycles. The molecule has 0 aromatic carbocycles. The molecule has 0 aromatic rings. The Balaban J connectivity index is 3.15. The molecule has 94 valence electrons. The highest BCUT2D eigenvalue weighted by atomic mass is 16.5. The van der Waals surface area contributed by atoms with Crippen molar-refractivity contribution < 1.29 is 14.3 Å². The Morgan fingerprint density at radius 3 is 2.00 bits per heavy atom. The van der Waals surface area contributed by atoms with Gasteiger partial charge in [0.05, 0.1) is 7.11 Å². The van der Waals surface area contributed by atoms with Crippen molar-refractivity contribution in [2.75, 3.05) is 7.11 Å². The number of unbranched alkanes of at least 4 members (excludes halogenated alkanes) is 4. The van der Waals surface area contributed by atoms with E-state index in [1.54, 1.807) is 0 Å². The van der Waals surface area contributed by atoms with E-state index in [9.17, 15) is 9.59 Å². The van der Waals surface area contributed by atoms with E-state index in [1.807, 2.05) is 6.92 Å². The molecule has 0 spiro atoms. The van der Waals surface area contributed by atoms with Gasteiger partial charge in [-0.25, -0.2) is 0 Å². The number of esters is 1. The van der Waals surface area contributed by atoms with Crippen LogP contribution in [0, 0.1) is 0 Å². The van der Waals surface area contributed by atoms with Gasteiger partial charge in [-0.15, -0.1) is 0 Å². The van der Waals surface area contributed by atoms with E-state index >= 15 is 0 Å². The molecule has 3 heteroatoms. The van der Waals surface area contributed by atoms with Gasteiger partial charge in [-0.05, 0) is 19.3 Å². The van der Waals surface area contributed by atoms with E-state index in [-0.39, 0.29) is 5.97 Å². The van der Waals surface area contributed by atoms with Crippen LogP contribution in [0.3, 0.4) is 0 Å². The van der Waals surface area contributed by atoms with Crippen molar-refractivity contribution >= 4 is 11.8 Å². The largest absolute Gasteiger partial charge is 0.469 e. The molecule has 0 atom stereocenters. The average molecular weight is 228 g/mol. The summed E-state index contributed by atoms with van der Waals surface area (Å²) in [4.78, 5) is 22.0. The second-order valence-corrected chi connectivity index (χ2v) is 4.13. The number of hydrogen-bond acceptors (Lipinski definition) is 3. The molecule has 0 rings (SSSR count). The Hall–Kier alpha value is -0.860. The van der Waals surface area contributed by atoms with Crippen molar-refractivity contribution in [1.82, 2.24) is 0 Å². The fraction of sp³-hybridized carbons (Fsp3) is 0.846. The molecule has 0 fully saturated rings. The lowest BCUT2D eigenvalue weighted by molar-refractivity contribution is -0.140. The normalized spacial score (nSPS) is 10.1. The fourth-order valence-electron chi connectivity index (χ4n) is 1.63. The van der Waals surface area contributed by atoms with E-state index < -0.39 is 0 Å². The molecular weight excluding hydrogens is 204 g/mol. The van der Waals surface area contributed by atoms with E-state index in [4.69, 9.17) is 0 Å². The minimum Gasteiger partial charge on any atom is -0.469 e. The molecule has 0 saturated carbocycles. The summed E-state index contributed by atoms with van der Waals surface area (Å²) < 4.78 is 4.55. The molecule has 0 unspecified atom stereocenters. The minimum absolute atomic E-state index is 0.127. The molecule has 0 aliphatic heterocycles. The zero-order chi connectivity index (χ0) is 12.2. The predicted molar refractivity (Wildman–Crippen MR) is 64.3 cm³/mol. The van der Waals surface area contributed by atoms with Crippen molar-refractivity contribution in [3.63, 3.8) is 0 Å². The first kappa shape index (κ1) is 15.1. The summed E-state index contributed by atoms with van der Waals surface area (Å²) >= 11 is 0. The second-order valence-electron chi connectivity index (χ2n) is 4.13. The highest BCUT2D eigenvalue weighted by Crippen LogP contribution is 2.09. The van der Waals surface area contributed by atoms with E-state index in [2.05, 4.69) is 4.74 Å². The Labute approximate surface area is 98.6 Å². The van der Waals surface area contributed by atoms with Crippen LogP contribution in [0.25, 0.3) is 0 Å². The number of ketones is 1. The number of carbonyl (C=O) groups is 2. The van der Waals surface area contributed by atoms with Crippen LogP contribution >= 0.6 is 0 Å². The molecule has 0 bridgehead atoms. The summed E-state index contributed by atoms with van der Waals surface area (Å²) in [6, 6.07) is 0. The fourth-order valence-corrected chi connectivity index (χ4v) is 1.63. The van der Waals surface area contributed by atoms with Crippen LogP contribution in [-0.2, 0) is 14.3 Å². The van der Waals surface area contributed by atoms with Gasteiger partial charge in [0.2, 0.25) is 0 Å². The minimum atomic E-state index is -0.127. The SMILES string of the molecule is CCCC(=O)CCCCCCCC(=O)OC. The number of rotatable bonds is 10. The maximum Gasteiger partial charge on any atom is 0.305 e. The number of Topliss-reactive ketones (excluding diaryl/α,β-unsaturated/α-hetero) is 1. The van der Waals surface area contributed by atoms with Gasteiger partial charge in [-0.1, -0.05) is 26.2 Å². The maximum atomic E-state index is 11.2. The Morgan fingerprint density at radius 1 is 0.875 bits per heavy atom. The number of carbonyl (C=O) groups excluding carboxylic acids is 2. The predicted octanol–water partition coefficient (Wildman–Crippen LogP) is 3.26. The zero-order valence-electron chi connectivity index (χ0n) is 10.6. The zero-order valence-corrected chi connectivity index (χ0v) is 10.6. The van der Waals surface area contributed by atoms with Crippen LogP contribution in [0.1, 0.15) is 64.7 Å². The first-order chi connectivity index (χ1) is 7.70. The first-order valence-electron chi connectivity index (χ1n) is 6.29. The van der Waals surface area contributed by atoms with Crippen LogP contribution in [0.15, 0.2) is 0 Å². The van der Waals surface area contributed by atoms with Crippen LogP contribution in [0.5, 0.6) is 0 Å². The smallest absolute Gasteiger partial charge is 0.305 e. The number of ether oxygens (including phenoxy) is 1. The number of hydrogen-bond donors (Lipinski definition) is 0. The van der Waals surface area contributed by atoms with Gasteiger partial charge in [0.25, 0.3) is 0 Å². The van der Waals surface area contributed by atoms with Gasteiger partial charge in [-0.2, -0.15) is 0 Å². The topological polar surface area (TPSA) is 43.4 Å². The Bertz CT molecular complexity index is 199. The van der Waals surface area contributed by atoms with Crippen LogP contribution in [0.2, 0.25) is 0 Å². The molecule has 0 aromatic heterocycles. The van der Waals surface area contributed by atoms with Crippen LogP contribution in [-0.4, -0.2) is 18.9 Å². The van der Waals surface area contributed by atoms with Gasteiger partial charge in [0.15, 0.2) is 0 Å². The summed E-state index contributed by atoms with van der Waals surface area (Å²) in [5.74, 6) is 0.259. The molecular formula is C13H24O3. The van der Waals surface area contributed by atoms with Crippen molar-refractivity contribution in [2.45, 2.75) is 64.7 Å². The molecule has 0 saturated heterocycles. The first-order valence-corrected chi connectivity index (χ1v) is 6.29. The maximum absolute atomic E-state index is 11.2. The standard InChI is InChI=1S/C13H24O3/c1-3-9-12(14)10-7-5-4-6-8-11-13(15)16-2/h3-11H2,1-2H3. The lowest BCUT2D eigenvalue weighted by atomic mass is 10.1. The van der Waals surface area contributed by atoms with Gasteiger partial charge < -0.3 is 4.74 Å². The third-order valence-corrected chi connectivity index (χ3v) is 2.59. The molecule has 0 amide bonds. The quantitative estimate of drug-likeness (QED) is 0.426. The molecule has 16 heavy (non-hydrogen) atoms. The highest BCUT2D eigenvalue weighted by molar-refractivity contribution is 5.78. The van der Waals surface area contributed by atoms with Gasteiger partial charge in [0.1, 0.15) is 5.78 Å². The molecule has 0 heterocycles. The van der Waals surface area contributed by atoms with Gasteiger partial charge in [0, 0.05) is 19.3 Å². The number of methoxy groups -OCH3 is 1. The highest BCUT2D eigenvalue weighted by Gasteiger charge is 2.01. The summed E-state index contributed by atoms with van der Waals surface area (Å²) in [6.07, 6.45) is 8.08. The summed E-state index contributed by atoms with van der Waals surface area (Å²) in [5.41, 5.74) is 0. The summed E-state index contributed by atoms with van der Waals surface area (Å²) in [5, 5.41) is 0. The lowest BCUT2D eigenvalue weighted by Gasteiger charge is -2.01. The van der Waals surface area contributed by atoms with Crippen molar-refractivity contribution in [3.05, 3.63) is 0 Å². The van der Waals surface area contributed by atoms with Crippen molar-refractivity contribution in [2.24, 2.45) is 0 Å². The van der Waals surface area contributed by atoms with E-state index in [0.717, 1.165) is 51.4 Å².